The highest BCUT2D eigenvalue weighted by Crippen LogP contribution is 2.36. The Bertz CT molecular complexity index is 1060. The summed E-state index contributed by atoms with van der Waals surface area (Å²) in [4.78, 5) is 23.5. The molecule has 0 aliphatic carbocycles. The van der Waals surface area contributed by atoms with Crippen molar-refractivity contribution in [2.24, 2.45) is 0 Å². The first-order valence-electron chi connectivity index (χ1n) is 10.1. The van der Waals surface area contributed by atoms with Crippen molar-refractivity contribution in [1.82, 2.24) is 0 Å². The number of esters is 1. The fourth-order valence-corrected chi connectivity index (χ4v) is 3.22. The predicted molar refractivity (Wildman–Crippen MR) is 115 cm³/mol. The molecule has 0 amide bonds. The highest BCUT2D eigenvalue weighted by Gasteiger charge is 2.45. The van der Waals surface area contributed by atoms with E-state index in [4.69, 9.17) is 14.2 Å². The summed E-state index contributed by atoms with van der Waals surface area (Å²) < 4.78 is 15.8. The van der Waals surface area contributed by atoms with Crippen LogP contribution < -0.4 is 4.74 Å². The molecule has 5 atom stereocenters. The summed E-state index contributed by atoms with van der Waals surface area (Å²) in [5.74, 6) is -2.22. The maximum atomic E-state index is 12.4. The zero-order chi connectivity index (χ0) is 25.0. The van der Waals surface area contributed by atoms with Gasteiger partial charge in [0, 0.05) is 24.6 Å². The van der Waals surface area contributed by atoms with Crippen molar-refractivity contribution in [2.75, 3.05) is 6.61 Å². The van der Waals surface area contributed by atoms with Gasteiger partial charge < -0.3 is 44.8 Å². The van der Waals surface area contributed by atoms with Crippen LogP contribution in [-0.4, -0.2) is 79.7 Å². The zero-order valence-electron chi connectivity index (χ0n) is 17.9. The number of ketones is 1. The van der Waals surface area contributed by atoms with E-state index in [1.54, 1.807) is 0 Å². The van der Waals surface area contributed by atoms with Crippen molar-refractivity contribution in [3.05, 3.63) is 53.6 Å². The van der Waals surface area contributed by atoms with E-state index < -0.39 is 60.6 Å². The number of phenols is 3. The maximum absolute atomic E-state index is 12.4. The lowest BCUT2D eigenvalue weighted by atomic mass is 9.99. The third kappa shape index (κ3) is 5.83. The number of allylic oxidation sites excluding steroid dienone is 1. The van der Waals surface area contributed by atoms with Crippen LogP contribution in [0.3, 0.4) is 0 Å². The summed E-state index contributed by atoms with van der Waals surface area (Å²) in [6, 6.07) is 7.55. The van der Waals surface area contributed by atoms with Crippen LogP contribution >= 0.6 is 0 Å². The van der Waals surface area contributed by atoms with Crippen LogP contribution in [0.15, 0.2) is 42.5 Å². The Kier molecular flexibility index (Phi) is 7.74. The average molecular weight is 476 g/mol. The van der Waals surface area contributed by atoms with E-state index >= 15 is 0 Å². The Balaban J connectivity index is 1.85. The second kappa shape index (κ2) is 10.5. The van der Waals surface area contributed by atoms with E-state index in [9.17, 15) is 40.2 Å². The Morgan fingerprint density at radius 3 is 2.29 bits per heavy atom. The zero-order valence-corrected chi connectivity index (χ0v) is 17.9. The number of aliphatic hydroxyl groups excluding tert-OH is 3. The average Bonchev–Trinajstić information content (AvgIpc) is 2.78. The van der Waals surface area contributed by atoms with E-state index in [0.717, 1.165) is 25.1 Å². The fraction of sp³-hybridized carbons (Fsp3) is 0.304. The van der Waals surface area contributed by atoms with Crippen LogP contribution in [0.1, 0.15) is 22.8 Å². The number of benzene rings is 2. The van der Waals surface area contributed by atoms with Gasteiger partial charge in [0.05, 0.1) is 5.56 Å². The molecule has 2 aromatic carbocycles. The third-order valence-corrected chi connectivity index (χ3v) is 5.02. The van der Waals surface area contributed by atoms with Gasteiger partial charge in [-0.3, -0.25) is 9.59 Å². The molecule has 0 radical (unpaired) electrons. The second-order valence-electron chi connectivity index (χ2n) is 7.56. The minimum atomic E-state index is -1.75. The topological polar surface area (TPSA) is 183 Å². The van der Waals surface area contributed by atoms with Gasteiger partial charge in [0.2, 0.25) is 6.29 Å². The van der Waals surface area contributed by atoms with Crippen molar-refractivity contribution in [3.8, 4) is 23.0 Å². The van der Waals surface area contributed by atoms with Gasteiger partial charge in [0.15, 0.2) is 5.78 Å². The van der Waals surface area contributed by atoms with Gasteiger partial charge >= 0.3 is 5.97 Å². The molecule has 1 saturated heterocycles. The smallest absolute Gasteiger partial charge is 0.302 e. The molecule has 1 aliphatic rings. The second-order valence-corrected chi connectivity index (χ2v) is 7.56. The van der Waals surface area contributed by atoms with Gasteiger partial charge in [0.1, 0.15) is 54.0 Å². The Morgan fingerprint density at radius 1 is 0.971 bits per heavy atom. The van der Waals surface area contributed by atoms with Gasteiger partial charge in [-0.2, -0.15) is 0 Å². The summed E-state index contributed by atoms with van der Waals surface area (Å²) >= 11 is 0. The van der Waals surface area contributed by atoms with Gasteiger partial charge in [0.25, 0.3) is 0 Å². The Labute approximate surface area is 193 Å². The normalized spacial score (nSPS) is 24.6. The molecule has 1 fully saturated rings. The molecular formula is C23H24O11. The SMILES string of the molecule is CC(=O)OC[C@H]1O[C@@H](Oc2cc(O)cc(O)c2/C=C/C(=O)c2ccc(O)cc2)[C@H](O)[C@@H](O)[C@@H]1O. The number of carbonyl (C=O) groups is 2. The van der Waals surface area contributed by atoms with Crippen molar-refractivity contribution in [3.63, 3.8) is 0 Å². The molecule has 0 bridgehead atoms. The van der Waals surface area contributed by atoms with Crippen LogP contribution in [0, 0.1) is 0 Å². The molecule has 0 unspecified atom stereocenters. The van der Waals surface area contributed by atoms with Crippen LogP contribution in [0.25, 0.3) is 6.08 Å². The van der Waals surface area contributed by atoms with E-state index in [1.165, 1.54) is 30.3 Å². The first-order valence-corrected chi connectivity index (χ1v) is 10.1. The molecule has 182 valence electrons. The van der Waals surface area contributed by atoms with Crippen LogP contribution in [-0.2, 0) is 14.3 Å². The number of rotatable bonds is 7. The molecule has 6 N–H and O–H groups in total. The molecule has 3 rings (SSSR count). The molecule has 0 aromatic heterocycles. The van der Waals surface area contributed by atoms with Crippen LogP contribution in [0.2, 0.25) is 0 Å². The molecule has 0 saturated carbocycles. The Hall–Kier alpha value is -3.64. The van der Waals surface area contributed by atoms with Crippen molar-refractivity contribution < 1.29 is 54.4 Å². The summed E-state index contributed by atoms with van der Waals surface area (Å²) in [6.07, 6.45) is -5.58. The summed E-state index contributed by atoms with van der Waals surface area (Å²) in [7, 11) is 0. The van der Waals surface area contributed by atoms with E-state index in [2.05, 4.69) is 0 Å². The number of carbonyl (C=O) groups excluding carboxylic acids is 2. The molecule has 1 heterocycles. The summed E-state index contributed by atoms with van der Waals surface area (Å²) in [6.45, 7) is 0.710. The molecule has 34 heavy (non-hydrogen) atoms. The lowest BCUT2D eigenvalue weighted by Gasteiger charge is -2.40. The van der Waals surface area contributed by atoms with Gasteiger partial charge in [-0.15, -0.1) is 0 Å². The van der Waals surface area contributed by atoms with Gasteiger partial charge in [-0.1, -0.05) is 0 Å². The largest absolute Gasteiger partial charge is 0.508 e. The summed E-state index contributed by atoms with van der Waals surface area (Å²) in [5, 5.41) is 60.1. The molecule has 11 nitrogen and oxygen atoms in total. The number of phenolic OH excluding ortho intramolecular Hbond substituents is 3. The number of aliphatic hydroxyl groups is 3. The van der Waals surface area contributed by atoms with E-state index in [0.29, 0.717) is 0 Å². The van der Waals surface area contributed by atoms with Crippen LogP contribution in [0.4, 0.5) is 0 Å². The molecule has 1 aliphatic heterocycles. The number of hydrogen-bond acceptors (Lipinski definition) is 11. The van der Waals surface area contributed by atoms with Gasteiger partial charge in [-0.05, 0) is 36.4 Å². The highest BCUT2D eigenvalue weighted by atomic mass is 16.7. The van der Waals surface area contributed by atoms with Crippen molar-refractivity contribution in [2.45, 2.75) is 37.6 Å². The highest BCUT2D eigenvalue weighted by molar-refractivity contribution is 6.07. The van der Waals surface area contributed by atoms with E-state index in [1.807, 2.05) is 0 Å². The predicted octanol–water partition coefficient (Wildman–Crippen LogP) is 0.449. The van der Waals surface area contributed by atoms with Crippen molar-refractivity contribution >= 4 is 17.8 Å². The number of aromatic hydroxyl groups is 3. The Morgan fingerprint density at radius 2 is 1.65 bits per heavy atom. The monoisotopic (exact) mass is 476 g/mol. The maximum Gasteiger partial charge on any atom is 0.302 e. The summed E-state index contributed by atoms with van der Waals surface area (Å²) in [5.41, 5.74) is 0.198. The molecule has 2 aromatic rings. The number of hydrogen-bond donors (Lipinski definition) is 6. The lowest BCUT2D eigenvalue weighted by molar-refractivity contribution is -0.278. The lowest BCUT2D eigenvalue weighted by Crippen LogP contribution is -2.60. The third-order valence-electron chi connectivity index (χ3n) is 5.02. The molecule has 11 heteroatoms. The molecule has 0 spiro atoms. The molecular weight excluding hydrogens is 452 g/mol. The minimum Gasteiger partial charge on any atom is -0.508 e. The minimum absolute atomic E-state index is 0.0160. The standard InChI is InChI=1S/C23H24O11/c1-11(24)32-10-19-20(29)21(30)22(31)23(34-19)33-18-9-14(26)8-17(28)15(18)6-7-16(27)12-2-4-13(25)5-3-12/h2-9,19-23,25-26,28-31H,10H2,1H3/b7-6+/t19-,20-,21+,22-,23-/m1/s1. The first kappa shape index (κ1) is 25.0. The van der Waals surface area contributed by atoms with Crippen LogP contribution in [0.5, 0.6) is 23.0 Å². The first-order chi connectivity index (χ1) is 16.1. The van der Waals surface area contributed by atoms with Crippen molar-refractivity contribution in [1.29, 1.82) is 0 Å². The fourth-order valence-electron chi connectivity index (χ4n) is 3.22. The van der Waals surface area contributed by atoms with Gasteiger partial charge in [-0.25, -0.2) is 0 Å². The van der Waals surface area contributed by atoms with E-state index in [-0.39, 0.29) is 22.6 Å². The number of ether oxygens (including phenoxy) is 3. The quantitative estimate of drug-likeness (QED) is 0.185.